The summed E-state index contributed by atoms with van der Waals surface area (Å²) < 4.78 is 0. The molecular formula is C17H27N3. The highest BCUT2D eigenvalue weighted by Gasteiger charge is 2.27. The van der Waals surface area contributed by atoms with E-state index in [1.54, 1.807) is 0 Å². The van der Waals surface area contributed by atoms with Crippen LogP contribution in [0.25, 0.3) is 0 Å². The molecule has 0 aliphatic heterocycles. The molecule has 0 amide bonds. The smallest absolute Gasteiger partial charge is 0.131 e. The molecule has 1 N–H and O–H groups in total. The normalized spacial score (nSPS) is 22.4. The molecule has 0 saturated heterocycles. The molecule has 3 rings (SSSR count). The molecule has 1 aromatic heterocycles. The number of nitrogens with one attached hydrogen (secondary N) is 1. The molecule has 1 unspecified atom stereocenters. The van der Waals surface area contributed by atoms with Gasteiger partial charge in [-0.2, -0.15) is 0 Å². The third-order valence-corrected chi connectivity index (χ3v) is 4.93. The lowest BCUT2D eigenvalue weighted by atomic mass is 9.83. The molecule has 0 radical (unpaired) electrons. The number of fused-ring (bicyclic) bond motifs is 1. The predicted molar refractivity (Wildman–Crippen MR) is 82.0 cm³/mol. The van der Waals surface area contributed by atoms with E-state index in [2.05, 4.69) is 19.2 Å². The third kappa shape index (κ3) is 2.88. The van der Waals surface area contributed by atoms with E-state index in [-0.39, 0.29) is 0 Å². The SMILES string of the molecule is CCCNCC1CCc2nc(C3CCC3)nc(C)c2C1. The molecule has 1 aromatic rings. The number of hydrogen-bond donors (Lipinski definition) is 1. The van der Waals surface area contributed by atoms with Gasteiger partial charge in [-0.25, -0.2) is 9.97 Å². The van der Waals surface area contributed by atoms with Gasteiger partial charge >= 0.3 is 0 Å². The Balaban J connectivity index is 1.70. The number of hydrogen-bond acceptors (Lipinski definition) is 3. The maximum atomic E-state index is 4.90. The molecule has 110 valence electrons. The fourth-order valence-electron chi connectivity index (χ4n) is 3.39. The molecule has 2 aliphatic rings. The van der Waals surface area contributed by atoms with Crippen molar-refractivity contribution in [3.05, 3.63) is 22.8 Å². The van der Waals surface area contributed by atoms with Crippen molar-refractivity contribution in [2.45, 2.75) is 64.7 Å². The number of rotatable bonds is 5. The highest BCUT2D eigenvalue weighted by atomic mass is 14.9. The van der Waals surface area contributed by atoms with Gasteiger partial charge in [0, 0.05) is 17.3 Å². The van der Waals surface area contributed by atoms with E-state index in [1.165, 1.54) is 55.5 Å². The summed E-state index contributed by atoms with van der Waals surface area (Å²) >= 11 is 0. The van der Waals surface area contributed by atoms with Crippen LogP contribution < -0.4 is 5.32 Å². The number of aromatic nitrogens is 2. The molecule has 1 atom stereocenters. The molecule has 3 nitrogen and oxygen atoms in total. The fourth-order valence-corrected chi connectivity index (χ4v) is 3.39. The first-order chi connectivity index (χ1) is 9.78. The molecule has 0 aromatic carbocycles. The van der Waals surface area contributed by atoms with Crippen molar-refractivity contribution in [2.75, 3.05) is 13.1 Å². The van der Waals surface area contributed by atoms with Crippen LogP contribution in [-0.2, 0) is 12.8 Å². The zero-order valence-corrected chi connectivity index (χ0v) is 12.9. The van der Waals surface area contributed by atoms with E-state index in [0.29, 0.717) is 5.92 Å². The van der Waals surface area contributed by atoms with Gasteiger partial charge in [0.25, 0.3) is 0 Å². The lowest BCUT2D eigenvalue weighted by Crippen LogP contribution is -2.29. The minimum atomic E-state index is 0.656. The molecule has 3 heteroatoms. The van der Waals surface area contributed by atoms with E-state index in [9.17, 15) is 0 Å². The molecule has 1 saturated carbocycles. The Bertz CT molecular complexity index is 466. The zero-order chi connectivity index (χ0) is 13.9. The van der Waals surface area contributed by atoms with Crippen molar-refractivity contribution in [3.8, 4) is 0 Å². The number of aryl methyl sites for hydroxylation is 2. The maximum Gasteiger partial charge on any atom is 0.131 e. The first-order valence-corrected chi connectivity index (χ1v) is 8.35. The van der Waals surface area contributed by atoms with Crippen LogP contribution in [-0.4, -0.2) is 23.1 Å². The highest BCUT2D eigenvalue weighted by Crippen LogP contribution is 2.36. The second kappa shape index (κ2) is 6.21. The highest BCUT2D eigenvalue weighted by molar-refractivity contribution is 5.29. The molecule has 2 aliphatic carbocycles. The van der Waals surface area contributed by atoms with Gasteiger partial charge < -0.3 is 5.32 Å². The summed E-state index contributed by atoms with van der Waals surface area (Å²) in [6.07, 6.45) is 8.76. The summed E-state index contributed by atoms with van der Waals surface area (Å²) in [7, 11) is 0. The Hall–Kier alpha value is -0.960. The second-order valence-electron chi connectivity index (χ2n) is 6.53. The van der Waals surface area contributed by atoms with E-state index in [4.69, 9.17) is 9.97 Å². The van der Waals surface area contributed by atoms with Gasteiger partial charge in [0.15, 0.2) is 0 Å². The maximum absolute atomic E-state index is 4.90. The zero-order valence-electron chi connectivity index (χ0n) is 12.9. The molecule has 0 spiro atoms. The van der Waals surface area contributed by atoms with Gasteiger partial charge in [0.1, 0.15) is 5.82 Å². The van der Waals surface area contributed by atoms with Crippen LogP contribution in [0, 0.1) is 12.8 Å². The quantitative estimate of drug-likeness (QED) is 0.837. The van der Waals surface area contributed by atoms with E-state index in [0.717, 1.165) is 31.3 Å². The molecule has 0 bridgehead atoms. The fraction of sp³-hybridized carbons (Fsp3) is 0.765. The summed E-state index contributed by atoms with van der Waals surface area (Å²) in [4.78, 5) is 9.70. The van der Waals surface area contributed by atoms with Crippen LogP contribution in [0.1, 0.15) is 67.7 Å². The van der Waals surface area contributed by atoms with Crippen molar-refractivity contribution in [3.63, 3.8) is 0 Å². The molecule has 20 heavy (non-hydrogen) atoms. The van der Waals surface area contributed by atoms with Gasteiger partial charge in [-0.15, -0.1) is 0 Å². The molecule has 1 fully saturated rings. The lowest BCUT2D eigenvalue weighted by molar-refractivity contribution is 0.389. The Morgan fingerprint density at radius 1 is 1.20 bits per heavy atom. The van der Waals surface area contributed by atoms with Crippen LogP contribution >= 0.6 is 0 Å². The monoisotopic (exact) mass is 273 g/mol. The molecular weight excluding hydrogens is 246 g/mol. The van der Waals surface area contributed by atoms with Crippen molar-refractivity contribution < 1.29 is 0 Å². The Labute approximate surface area is 122 Å². The lowest BCUT2D eigenvalue weighted by Gasteiger charge is -2.29. The van der Waals surface area contributed by atoms with E-state index < -0.39 is 0 Å². The van der Waals surface area contributed by atoms with Gasteiger partial charge in [-0.05, 0) is 70.0 Å². The second-order valence-corrected chi connectivity index (χ2v) is 6.53. The van der Waals surface area contributed by atoms with Gasteiger partial charge in [0.05, 0.1) is 0 Å². The Morgan fingerprint density at radius 2 is 2.05 bits per heavy atom. The van der Waals surface area contributed by atoms with Crippen molar-refractivity contribution in [2.24, 2.45) is 5.92 Å². The summed E-state index contributed by atoms with van der Waals surface area (Å²) in [5.41, 5.74) is 4.05. The summed E-state index contributed by atoms with van der Waals surface area (Å²) in [5, 5.41) is 3.56. The first kappa shape index (κ1) is 14.0. The van der Waals surface area contributed by atoms with Crippen LogP contribution in [0.2, 0.25) is 0 Å². The van der Waals surface area contributed by atoms with Gasteiger partial charge in [-0.3, -0.25) is 0 Å². The topological polar surface area (TPSA) is 37.8 Å². The van der Waals surface area contributed by atoms with Gasteiger partial charge in [-0.1, -0.05) is 13.3 Å². The standard InChI is InChI=1S/C17H27N3/c1-3-9-18-11-13-7-8-16-15(10-13)12(2)19-17(20-16)14-5-4-6-14/h13-14,18H,3-11H2,1-2H3. The van der Waals surface area contributed by atoms with E-state index >= 15 is 0 Å². The van der Waals surface area contributed by atoms with Crippen molar-refractivity contribution in [1.82, 2.24) is 15.3 Å². The Morgan fingerprint density at radius 3 is 2.75 bits per heavy atom. The van der Waals surface area contributed by atoms with Gasteiger partial charge in [0.2, 0.25) is 0 Å². The predicted octanol–water partition coefficient (Wildman–Crippen LogP) is 3.16. The minimum Gasteiger partial charge on any atom is -0.316 e. The Kier molecular flexibility index (Phi) is 4.35. The number of nitrogens with zero attached hydrogens (tertiary/aromatic N) is 2. The van der Waals surface area contributed by atoms with Crippen molar-refractivity contribution in [1.29, 1.82) is 0 Å². The first-order valence-electron chi connectivity index (χ1n) is 8.35. The summed E-state index contributed by atoms with van der Waals surface area (Å²) in [6, 6.07) is 0. The average Bonchev–Trinajstić information content (AvgIpc) is 2.38. The van der Waals surface area contributed by atoms with Crippen LogP contribution in [0.3, 0.4) is 0 Å². The van der Waals surface area contributed by atoms with E-state index in [1.807, 2.05) is 0 Å². The third-order valence-electron chi connectivity index (χ3n) is 4.93. The van der Waals surface area contributed by atoms with Crippen molar-refractivity contribution >= 4 is 0 Å². The summed E-state index contributed by atoms with van der Waals surface area (Å²) in [5.74, 6) is 2.56. The summed E-state index contributed by atoms with van der Waals surface area (Å²) in [6.45, 7) is 6.70. The van der Waals surface area contributed by atoms with Crippen LogP contribution in [0.15, 0.2) is 0 Å². The van der Waals surface area contributed by atoms with Crippen LogP contribution in [0.4, 0.5) is 0 Å². The average molecular weight is 273 g/mol. The van der Waals surface area contributed by atoms with Crippen LogP contribution in [0.5, 0.6) is 0 Å². The minimum absolute atomic E-state index is 0.656. The largest absolute Gasteiger partial charge is 0.316 e. The molecule has 1 heterocycles.